The molecule has 0 spiro atoms. The molecular formula is C21H18O8. The maximum Gasteiger partial charge on any atom is 0.310 e. The highest BCUT2D eigenvalue weighted by molar-refractivity contribution is 5.79. The van der Waals surface area contributed by atoms with Crippen LogP contribution in [-0.2, 0) is 9.53 Å². The number of cyclic esters (lactones) is 1. The molecule has 1 saturated heterocycles. The van der Waals surface area contributed by atoms with E-state index in [1.54, 1.807) is 0 Å². The lowest BCUT2D eigenvalue weighted by Gasteiger charge is -2.37. The number of aliphatic hydroxyl groups is 1. The summed E-state index contributed by atoms with van der Waals surface area (Å²) < 4.78 is 33.1. The molecule has 4 atom stereocenters. The second-order valence-corrected chi connectivity index (χ2v) is 7.50. The molecule has 3 heterocycles. The van der Waals surface area contributed by atoms with Gasteiger partial charge in [0, 0.05) is 17.4 Å². The smallest absolute Gasteiger partial charge is 0.310 e. The Hall–Kier alpha value is -3.13. The first kappa shape index (κ1) is 16.8. The summed E-state index contributed by atoms with van der Waals surface area (Å²) in [5.41, 5.74) is 2.24. The maximum absolute atomic E-state index is 12.7. The van der Waals surface area contributed by atoms with Crippen LogP contribution in [0.25, 0.3) is 0 Å². The zero-order valence-corrected chi connectivity index (χ0v) is 15.5. The highest BCUT2D eigenvalue weighted by Gasteiger charge is 2.53. The molecule has 0 radical (unpaired) electrons. The van der Waals surface area contributed by atoms with Crippen LogP contribution >= 0.6 is 0 Å². The first-order chi connectivity index (χ1) is 14.2. The molecular weight excluding hydrogens is 380 g/mol. The molecule has 4 aliphatic rings. The molecule has 2 aromatic rings. The van der Waals surface area contributed by atoms with Crippen molar-refractivity contribution in [1.29, 1.82) is 0 Å². The Morgan fingerprint density at radius 3 is 2.66 bits per heavy atom. The van der Waals surface area contributed by atoms with Crippen LogP contribution in [0.3, 0.4) is 0 Å². The summed E-state index contributed by atoms with van der Waals surface area (Å²) in [6, 6.07) is 7.47. The molecule has 0 bridgehead atoms. The summed E-state index contributed by atoms with van der Waals surface area (Å²) in [7, 11) is 1.53. The minimum atomic E-state index is -0.920. The highest BCUT2D eigenvalue weighted by atomic mass is 16.7. The first-order valence-corrected chi connectivity index (χ1v) is 9.42. The summed E-state index contributed by atoms with van der Waals surface area (Å²) in [5.74, 6) is 1.14. The van der Waals surface area contributed by atoms with E-state index in [-0.39, 0.29) is 38.0 Å². The maximum atomic E-state index is 12.7. The van der Waals surface area contributed by atoms with Gasteiger partial charge in [0.2, 0.25) is 19.3 Å². The second kappa shape index (κ2) is 5.93. The third-order valence-electron chi connectivity index (χ3n) is 6.20. The van der Waals surface area contributed by atoms with E-state index in [4.69, 9.17) is 28.4 Å². The van der Waals surface area contributed by atoms with E-state index in [0.29, 0.717) is 34.3 Å². The Labute approximate surface area is 165 Å². The Morgan fingerprint density at radius 2 is 1.79 bits per heavy atom. The predicted octanol–water partition coefficient (Wildman–Crippen LogP) is 2.12. The number of esters is 1. The van der Waals surface area contributed by atoms with Gasteiger partial charge < -0.3 is 33.5 Å². The number of carbonyl (C=O) groups excluding carboxylic acids is 1. The number of hydrogen-bond acceptors (Lipinski definition) is 8. The Kier molecular flexibility index (Phi) is 3.44. The first-order valence-electron chi connectivity index (χ1n) is 9.42. The van der Waals surface area contributed by atoms with Gasteiger partial charge in [-0.2, -0.15) is 0 Å². The van der Waals surface area contributed by atoms with Gasteiger partial charge in [0.05, 0.1) is 25.7 Å². The lowest BCUT2D eigenvalue weighted by atomic mass is 9.66. The van der Waals surface area contributed by atoms with Crippen molar-refractivity contribution < 1.29 is 38.3 Å². The van der Waals surface area contributed by atoms with Crippen LogP contribution in [0.2, 0.25) is 0 Å². The number of aliphatic hydroxyl groups excluding tert-OH is 1. The molecule has 0 saturated carbocycles. The van der Waals surface area contributed by atoms with Gasteiger partial charge in [-0.3, -0.25) is 4.79 Å². The zero-order valence-electron chi connectivity index (χ0n) is 15.5. The molecule has 1 aliphatic carbocycles. The van der Waals surface area contributed by atoms with E-state index >= 15 is 0 Å². The van der Waals surface area contributed by atoms with Crippen molar-refractivity contribution in [3.63, 3.8) is 0 Å². The summed E-state index contributed by atoms with van der Waals surface area (Å²) in [5, 5.41) is 11.2. The number of rotatable bonds is 2. The molecule has 0 aromatic heterocycles. The van der Waals surface area contributed by atoms with Gasteiger partial charge in [-0.15, -0.1) is 0 Å². The van der Waals surface area contributed by atoms with Crippen LogP contribution in [0.15, 0.2) is 24.3 Å². The molecule has 1 N–H and O–H groups in total. The number of methoxy groups -OCH3 is 1. The number of benzene rings is 2. The fraction of sp³-hybridized carbons (Fsp3) is 0.381. The van der Waals surface area contributed by atoms with Crippen LogP contribution in [0.5, 0.6) is 28.7 Å². The lowest BCUT2D eigenvalue weighted by molar-refractivity contribution is -0.141. The monoisotopic (exact) mass is 398 g/mol. The van der Waals surface area contributed by atoms with Crippen LogP contribution < -0.4 is 23.7 Å². The van der Waals surface area contributed by atoms with E-state index in [1.807, 2.05) is 24.3 Å². The van der Waals surface area contributed by atoms with Gasteiger partial charge in [-0.25, -0.2) is 0 Å². The topological polar surface area (TPSA) is 92.7 Å². The van der Waals surface area contributed by atoms with E-state index in [9.17, 15) is 9.90 Å². The third kappa shape index (κ3) is 2.20. The fourth-order valence-corrected chi connectivity index (χ4v) is 4.94. The minimum Gasteiger partial charge on any atom is -0.492 e. The molecule has 8 nitrogen and oxygen atoms in total. The van der Waals surface area contributed by atoms with Crippen molar-refractivity contribution in [2.75, 3.05) is 27.3 Å². The van der Waals surface area contributed by atoms with E-state index < -0.39 is 12.0 Å². The molecule has 150 valence electrons. The van der Waals surface area contributed by atoms with Gasteiger partial charge in [0.25, 0.3) is 0 Å². The van der Waals surface area contributed by atoms with Crippen LogP contribution in [0.4, 0.5) is 0 Å². The van der Waals surface area contributed by atoms with Crippen molar-refractivity contribution in [3.8, 4) is 28.7 Å². The zero-order chi connectivity index (χ0) is 19.7. The van der Waals surface area contributed by atoms with Crippen LogP contribution in [0.1, 0.15) is 28.7 Å². The minimum absolute atomic E-state index is 0.0777. The van der Waals surface area contributed by atoms with Crippen LogP contribution in [-0.4, -0.2) is 38.4 Å². The van der Waals surface area contributed by atoms with Crippen molar-refractivity contribution in [2.24, 2.45) is 11.8 Å². The molecule has 8 heteroatoms. The predicted molar refractivity (Wildman–Crippen MR) is 96.4 cm³/mol. The lowest BCUT2D eigenvalue weighted by Crippen LogP contribution is -2.35. The standard InChI is InChI=1S/C21H18O8/c1-24-20-17-10(5-14-19(20)29-8-28-14)15(16-11(18(17)22)6-25-21(16)23)9-2-3-12-13(4-9)27-7-26-12/h2-5,11,15-16,18,22H,6-8H2,1H3. The molecule has 29 heavy (non-hydrogen) atoms. The quantitative estimate of drug-likeness (QED) is 0.769. The molecule has 2 aromatic carbocycles. The molecule has 4 unspecified atom stereocenters. The van der Waals surface area contributed by atoms with Gasteiger partial charge in [-0.05, 0) is 29.3 Å². The van der Waals surface area contributed by atoms with Crippen molar-refractivity contribution in [3.05, 3.63) is 41.0 Å². The fourth-order valence-electron chi connectivity index (χ4n) is 4.94. The summed E-state index contributed by atoms with van der Waals surface area (Å²) in [6.45, 7) is 0.399. The Balaban J connectivity index is 1.60. The molecule has 3 aliphatic heterocycles. The van der Waals surface area contributed by atoms with Crippen molar-refractivity contribution >= 4 is 5.97 Å². The van der Waals surface area contributed by atoms with E-state index in [0.717, 1.165) is 11.1 Å². The average Bonchev–Trinajstić information content (AvgIpc) is 3.46. The number of carbonyl (C=O) groups is 1. The Bertz CT molecular complexity index is 1030. The Morgan fingerprint density at radius 1 is 1.00 bits per heavy atom. The van der Waals surface area contributed by atoms with Crippen molar-refractivity contribution in [2.45, 2.75) is 12.0 Å². The number of hydrogen-bond donors (Lipinski definition) is 1. The normalized spacial score (nSPS) is 28.0. The summed E-state index contributed by atoms with van der Waals surface area (Å²) >= 11 is 0. The largest absolute Gasteiger partial charge is 0.492 e. The van der Waals surface area contributed by atoms with E-state index in [1.165, 1.54) is 7.11 Å². The van der Waals surface area contributed by atoms with Crippen molar-refractivity contribution in [1.82, 2.24) is 0 Å². The summed E-state index contributed by atoms with van der Waals surface area (Å²) in [6.07, 6.45) is -0.920. The molecule has 1 fully saturated rings. The average molecular weight is 398 g/mol. The SMILES string of the molecule is COc1c2c(cc3c1C(O)C1COC(=O)C1C3c1ccc3c(c1)OCO3)OCO2. The molecule has 6 rings (SSSR count). The van der Waals surface area contributed by atoms with Gasteiger partial charge >= 0.3 is 5.97 Å². The third-order valence-corrected chi connectivity index (χ3v) is 6.20. The second-order valence-electron chi connectivity index (χ2n) is 7.50. The molecule has 0 amide bonds. The number of fused-ring (bicyclic) bond motifs is 4. The highest BCUT2D eigenvalue weighted by Crippen LogP contribution is 2.58. The van der Waals surface area contributed by atoms with Gasteiger partial charge in [0.1, 0.15) is 0 Å². The van der Waals surface area contributed by atoms with Gasteiger partial charge in [0.15, 0.2) is 23.0 Å². The van der Waals surface area contributed by atoms with Gasteiger partial charge in [-0.1, -0.05) is 6.07 Å². The summed E-state index contributed by atoms with van der Waals surface area (Å²) in [4.78, 5) is 12.7. The van der Waals surface area contributed by atoms with E-state index in [2.05, 4.69) is 0 Å². The van der Waals surface area contributed by atoms with Crippen LogP contribution in [0, 0.1) is 11.8 Å². The number of ether oxygens (including phenoxy) is 6.